The maximum absolute atomic E-state index is 3.75. The Morgan fingerprint density at radius 2 is 0.966 bits per heavy atom. The second-order valence-electron chi connectivity index (χ2n) is 15.7. The first-order chi connectivity index (χ1) is 29.2. The zero-order chi connectivity index (χ0) is 39.1. The molecule has 0 bridgehead atoms. The van der Waals surface area contributed by atoms with Crippen LogP contribution in [0.3, 0.4) is 0 Å². The van der Waals surface area contributed by atoms with E-state index in [1.807, 2.05) is 0 Å². The zero-order valence-electron chi connectivity index (χ0n) is 32.1. The van der Waals surface area contributed by atoms with Crippen LogP contribution in [0.1, 0.15) is 22.3 Å². The molecule has 0 atom stereocenters. The first-order valence-corrected chi connectivity index (χ1v) is 21.1. The molecular formula is C57H36BrN. The highest BCUT2D eigenvalue weighted by Gasteiger charge is 2.46. The van der Waals surface area contributed by atoms with E-state index in [0.717, 1.165) is 10.2 Å². The topological polar surface area (TPSA) is 4.93 Å². The van der Waals surface area contributed by atoms with E-state index in [0.29, 0.717) is 0 Å². The Labute approximate surface area is 351 Å². The molecular weight excluding hydrogens is 779 g/mol. The van der Waals surface area contributed by atoms with Gasteiger partial charge in [0, 0.05) is 20.9 Å². The summed E-state index contributed by atoms with van der Waals surface area (Å²) in [5.74, 6) is 0. The van der Waals surface area contributed by atoms with Crippen LogP contribution < -0.4 is 0 Å². The largest absolute Gasteiger partial charge is 0.309 e. The van der Waals surface area contributed by atoms with Gasteiger partial charge >= 0.3 is 0 Å². The van der Waals surface area contributed by atoms with E-state index in [9.17, 15) is 0 Å². The highest BCUT2D eigenvalue weighted by atomic mass is 79.9. The van der Waals surface area contributed by atoms with Crippen molar-refractivity contribution in [2.75, 3.05) is 0 Å². The fourth-order valence-corrected chi connectivity index (χ4v) is 10.7. The van der Waals surface area contributed by atoms with Crippen molar-refractivity contribution in [1.29, 1.82) is 0 Å². The summed E-state index contributed by atoms with van der Waals surface area (Å²) < 4.78 is 3.61. The molecule has 1 nitrogen and oxygen atoms in total. The van der Waals surface area contributed by atoms with Crippen LogP contribution in [-0.2, 0) is 5.41 Å². The lowest BCUT2D eigenvalue weighted by molar-refractivity contribution is 0.767. The number of nitrogens with zero attached hydrogens (tertiary/aromatic N) is 1. The van der Waals surface area contributed by atoms with Crippen molar-refractivity contribution in [1.82, 2.24) is 4.57 Å². The molecule has 0 unspecified atom stereocenters. The summed E-state index contributed by atoms with van der Waals surface area (Å²) in [4.78, 5) is 0. The zero-order valence-corrected chi connectivity index (χ0v) is 33.7. The molecule has 2 heteroatoms. The minimum absolute atomic E-state index is 0.503. The molecule has 0 saturated heterocycles. The average Bonchev–Trinajstić information content (AvgIpc) is 3.80. The number of rotatable bonds is 5. The lowest BCUT2D eigenvalue weighted by atomic mass is 9.67. The van der Waals surface area contributed by atoms with Crippen LogP contribution in [-0.4, -0.2) is 4.57 Å². The van der Waals surface area contributed by atoms with Crippen LogP contribution in [0.25, 0.3) is 82.4 Å². The second kappa shape index (κ2) is 13.3. The Balaban J connectivity index is 1.23. The van der Waals surface area contributed by atoms with Crippen molar-refractivity contribution in [3.63, 3.8) is 0 Å². The predicted octanol–water partition coefficient (Wildman–Crippen LogP) is 15.5. The summed E-state index contributed by atoms with van der Waals surface area (Å²) in [6.45, 7) is 0. The van der Waals surface area contributed by atoms with Crippen molar-refractivity contribution < 1.29 is 0 Å². The molecule has 0 N–H and O–H groups in total. The van der Waals surface area contributed by atoms with E-state index >= 15 is 0 Å². The van der Waals surface area contributed by atoms with Gasteiger partial charge in [0.15, 0.2) is 0 Å². The van der Waals surface area contributed by atoms with Crippen LogP contribution in [0.15, 0.2) is 223 Å². The fourth-order valence-electron chi connectivity index (χ4n) is 10.3. The van der Waals surface area contributed by atoms with Crippen LogP contribution in [0.5, 0.6) is 0 Å². The summed E-state index contributed by atoms with van der Waals surface area (Å²) in [6.07, 6.45) is 0. The third kappa shape index (κ3) is 4.97. The van der Waals surface area contributed by atoms with Gasteiger partial charge in [-0.05, 0) is 114 Å². The van der Waals surface area contributed by atoms with Gasteiger partial charge in [-0.1, -0.05) is 198 Å². The van der Waals surface area contributed by atoms with Crippen molar-refractivity contribution in [3.8, 4) is 39.1 Å². The molecule has 1 heterocycles. The standard InChI is InChI=1S/C57H36BrN/c58-41-22-15-17-38(34-41)43-23-9-10-25-45(43)50-36-54-56(49-28-12-11-26-46(49)50)55-44-24-8-7-16-37(44)30-33-53(55)59(54)42-31-32-48-47-27-13-14-29-51(47)57(52(48)35-42,39-18-3-1-4-19-39)40-20-5-2-6-21-40/h1-36H. The second-order valence-corrected chi connectivity index (χ2v) is 16.6. The van der Waals surface area contributed by atoms with E-state index in [-0.39, 0.29) is 0 Å². The Morgan fingerprint density at radius 3 is 1.73 bits per heavy atom. The third-order valence-corrected chi connectivity index (χ3v) is 13.2. The monoisotopic (exact) mass is 813 g/mol. The number of halogens is 1. The molecule has 276 valence electrons. The van der Waals surface area contributed by atoms with Gasteiger partial charge in [-0.3, -0.25) is 0 Å². The molecule has 10 aromatic carbocycles. The van der Waals surface area contributed by atoms with Crippen LogP contribution in [0.2, 0.25) is 0 Å². The molecule has 1 aromatic heterocycles. The van der Waals surface area contributed by atoms with Gasteiger partial charge < -0.3 is 4.57 Å². The van der Waals surface area contributed by atoms with Gasteiger partial charge in [0.1, 0.15) is 0 Å². The molecule has 1 aliphatic rings. The Hall–Kier alpha value is -7.00. The van der Waals surface area contributed by atoms with Crippen molar-refractivity contribution in [2.24, 2.45) is 0 Å². The Kier molecular flexibility index (Phi) is 7.67. The Bertz CT molecular complexity index is 3410. The number of hydrogen-bond acceptors (Lipinski definition) is 0. The van der Waals surface area contributed by atoms with Gasteiger partial charge in [0.2, 0.25) is 0 Å². The Morgan fingerprint density at radius 1 is 0.356 bits per heavy atom. The number of fused-ring (bicyclic) bond motifs is 10. The summed E-state index contributed by atoms with van der Waals surface area (Å²) in [6, 6.07) is 80.9. The maximum Gasteiger partial charge on any atom is 0.0714 e. The highest BCUT2D eigenvalue weighted by molar-refractivity contribution is 9.10. The molecule has 0 amide bonds. The van der Waals surface area contributed by atoms with Crippen molar-refractivity contribution in [2.45, 2.75) is 5.41 Å². The molecule has 11 aromatic rings. The van der Waals surface area contributed by atoms with Crippen molar-refractivity contribution >= 4 is 59.3 Å². The van der Waals surface area contributed by atoms with E-state index in [4.69, 9.17) is 0 Å². The van der Waals surface area contributed by atoms with Gasteiger partial charge in [-0.2, -0.15) is 0 Å². The lowest BCUT2D eigenvalue weighted by Gasteiger charge is -2.34. The minimum Gasteiger partial charge on any atom is -0.309 e. The minimum atomic E-state index is -0.503. The first-order valence-electron chi connectivity index (χ1n) is 20.3. The van der Waals surface area contributed by atoms with Crippen molar-refractivity contribution in [3.05, 3.63) is 245 Å². The fraction of sp³-hybridized carbons (Fsp3) is 0.0175. The molecule has 0 saturated carbocycles. The molecule has 0 radical (unpaired) electrons. The van der Waals surface area contributed by atoms with Crippen LogP contribution in [0, 0.1) is 0 Å². The first kappa shape index (κ1) is 34.1. The van der Waals surface area contributed by atoms with Crippen LogP contribution >= 0.6 is 15.9 Å². The van der Waals surface area contributed by atoms with Crippen LogP contribution in [0.4, 0.5) is 0 Å². The number of benzene rings is 10. The summed E-state index contributed by atoms with van der Waals surface area (Å²) in [5, 5.41) is 7.55. The van der Waals surface area contributed by atoms with Gasteiger partial charge in [-0.25, -0.2) is 0 Å². The molecule has 0 spiro atoms. The highest BCUT2D eigenvalue weighted by Crippen LogP contribution is 2.57. The third-order valence-electron chi connectivity index (χ3n) is 12.7. The summed E-state index contributed by atoms with van der Waals surface area (Å²) in [7, 11) is 0. The van der Waals surface area contributed by atoms with E-state index in [2.05, 4.69) is 239 Å². The maximum atomic E-state index is 3.75. The normalized spacial score (nSPS) is 13.0. The molecule has 0 fully saturated rings. The van der Waals surface area contributed by atoms with E-state index in [1.165, 1.54) is 99.0 Å². The number of aromatic nitrogens is 1. The predicted molar refractivity (Wildman–Crippen MR) is 252 cm³/mol. The summed E-state index contributed by atoms with van der Waals surface area (Å²) >= 11 is 3.75. The van der Waals surface area contributed by atoms with Gasteiger partial charge in [0.25, 0.3) is 0 Å². The van der Waals surface area contributed by atoms with Gasteiger partial charge in [-0.15, -0.1) is 0 Å². The quantitative estimate of drug-likeness (QED) is 0.163. The average molecular weight is 815 g/mol. The lowest BCUT2D eigenvalue weighted by Crippen LogP contribution is -2.28. The summed E-state index contributed by atoms with van der Waals surface area (Å²) in [5.41, 5.74) is 15.5. The number of hydrogen-bond donors (Lipinski definition) is 0. The van der Waals surface area contributed by atoms with Gasteiger partial charge in [0.05, 0.1) is 16.4 Å². The molecule has 59 heavy (non-hydrogen) atoms. The van der Waals surface area contributed by atoms with E-state index < -0.39 is 5.41 Å². The SMILES string of the molecule is Brc1cccc(-c2ccccc2-c2cc3c(c4ccccc24)c2c4ccccc4ccc2n3-c2ccc3c(c2)C(c2ccccc2)(c2ccccc2)c2ccccc2-3)c1. The molecule has 1 aliphatic carbocycles. The smallest absolute Gasteiger partial charge is 0.0714 e. The molecule has 12 rings (SSSR count). The molecule has 0 aliphatic heterocycles. The van der Waals surface area contributed by atoms with E-state index in [1.54, 1.807) is 0 Å².